The molecule has 0 aromatic heterocycles. The summed E-state index contributed by atoms with van der Waals surface area (Å²) in [5.41, 5.74) is 16.5. The summed E-state index contributed by atoms with van der Waals surface area (Å²) in [5.74, 6) is 2.80. The van der Waals surface area contributed by atoms with Crippen LogP contribution in [0, 0.1) is 24.7 Å². The van der Waals surface area contributed by atoms with Crippen molar-refractivity contribution in [3.63, 3.8) is 0 Å². The number of anilines is 3. The molecule has 0 N–H and O–H groups in total. The molecule has 266 valence electrons. The van der Waals surface area contributed by atoms with Gasteiger partial charge in [0.15, 0.2) is 0 Å². The molecule has 6 aromatic carbocycles. The van der Waals surface area contributed by atoms with Gasteiger partial charge in [0.1, 0.15) is 0 Å². The largest absolute Gasteiger partial charge is 0.310 e. The topological polar surface area (TPSA) is 3.24 Å². The van der Waals surface area contributed by atoms with Crippen molar-refractivity contribution in [1.82, 2.24) is 0 Å². The molecule has 11 rings (SSSR count). The Labute approximate surface area is 317 Å². The van der Waals surface area contributed by atoms with Gasteiger partial charge in [-0.2, -0.15) is 0 Å². The van der Waals surface area contributed by atoms with Crippen LogP contribution in [0.15, 0.2) is 121 Å². The number of aryl methyl sites for hydroxylation is 1. The molecule has 1 nitrogen and oxygen atoms in total. The zero-order valence-corrected chi connectivity index (χ0v) is 32.5. The van der Waals surface area contributed by atoms with Crippen molar-refractivity contribution in [3.05, 3.63) is 149 Å². The molecule has 0 saturated heterocycles. The molecule has 0 unspecified atom stereocenters. The fraction of sp³-hybridized carbons (Fsp3) is 0.346. The van der Waals surface area contributed by atoms with Gasteiger partial charge in [0.2, 0.25) is 0 Å². The lowest BCUT2D eigenvalue weighted by Gasteiger charge is -2.57. The van der Waals surface area contributed by atoms with Crippen LogP contribution in [0.4, 0.5) is 17.1 Å². The van der Waals surface area contributed by atoms with Crippen molar-refractivity contribution < 1.29 is 0 Å². The van der Waals surface area contributed by atoms with Gasteiger partial charge in [0.25, 0.3) is 0 Å². The minimum atomic E-state index is -0.0915. The molecule has 4 saturated carbocycles. The first-order chi connectivity index (χ1) is 25.5. The molecule has 53 heavy (non-hydrogen) atoms. The minimum Gasteiger partial charge on any atom is -0.310 e. The first kappa shape index (κ1) is 33.0. The van der Waals surface area contributed by atoms with Gasteiger partial charge < -0.3 is 4.90 Å². The molecule has 4 fully saturated rings. The molecule has 0 radical (unpaired) electrons. The Kier molecular flexibility index (Phi) is 7.27. The van der Waals surface area contributed by atoms with E-state index in [0.717, 1.165) is 17.8 Å². The van der Waals surface area contributed by atoms with Crippen LogP contribution in [0.25, 0.3) is 33.0 Å². The lowest BCUT2D eigenvalue weighted by molar-refractivity contribution is -0.00518. The Morgan fingerprint density at radius 2 is 1.19 bits per heavy atom. The minimum absolute atomic E-state index is 0.00885. The van der Waals surface area contributed by atoms with Gasteiger partial charge >= 0.3 is 0 Å². The second-order valence-electron chi connectivity index (χ2n) is 18.9. The fourth-order valence-electron chi connectivity index (χ4n) is 12.0. The molecule has 0 spiro atoms. The van der Waals surface area contributed by atoms with E-state index in [9.17, 15) is 0 Å². The smallest absolute Gasteiger partial charge is 0.0546 e. The van der Waals surface area contributed by atoms with Gasteiger partial charge in [0.05, 0.1) is 5.69 Å². The van der Waals surface area contributed by atoms with Crippen molar-refractivity contribution in [2.75, 3.05) is 4.90 Å². The maximum atomic E-state index is 2.58. The zero-order valence-electron chi connectivity index (χ0n) is 32.5. The van der Waals surface area contributed by atoms with Crippen LogP contribution in [0.2, 0.25) is 0 Å². The second-order valence-corrected chi connectivity index (χ2v) is 18.9. The van der Waals surface area contributed by atoms with E-state index in [-0.39, 0.29) is 10.8 Å². The maximum Gasteiger partial charge on any atom is 0.0546 e. The number of rotatable bonds is 5. The van der Waals surface area contributed by atoms with Crippen molar-refractivity contribution in [3.8, 4) is 22.3 Å². The van der Waals surface area contributed by atoms with Gasteiger partial charge in [-0.1, -0.05) is 120 Å². The normalized spacial score (nSPS) is 23.6. The number of hydrogen-bond donors (Lipinski definition) is 0. The van der Waals surface area contributed by atoms with Crippen LogP contribution >= 0.6 is 0 Å². The standard InChI is InChI=1S/C52H53N/c1-33-12-11-17-46-49(33)43-23-22-41(29-47(43)51(46,5)6)53(40-20-18-39(19-21-40)52-30-34-24-35(31-52)26-36(25-34)32-52)48-28-38-14-8-7-13-37(38)27-44(48)42-15-9-10-16-45(42)50(2,3)4/h7-23,27-29,34-36H,24-26,30-32H2,1-6H3. The SMILES string of the molecule is Cc1cccc2c1-c1ccc(N(c3ccc(C45CC6CC(CC(C6)C4)C5)cc3)c3cc4ccccc4cc3-c3ccccc3C(C)(C)C)cc1C2(C)C. The van der Waals surface area contributed by atoms with Crippen LogP contribution in [-0.2, 0) is 16.2 Å². The van der Waals surface area contributed by atoms with E-state index in [1.165, 1.54) is 111 Å². The summed E-state index contributed by atoms with van der Waals surface area (Å²) >= 11 is 0. The van der Waals surface area contributed by atoms with E-state index in [1.54, 1.807) is 5.56 Å². The van der Waals surface area contributed by atoms with Gasteiger partial charge in [-0.25, -0.2) is 0 Å². The quantitative estimate of drug-likeness (QED) is 0.174. The monoisotopic (exact) mass is 691 g/mol. The van der Waals surface area contributed by atoms with Crippen molar-refractivity contribution in [2.45, 2.75) is 96.3 Å². The molecule has 4 bridgehead atoms. The van der Waals surface area contributed by atoms with Crippen LogP contribution in [0.3, 0.4) is 0 Å². The van der Waals surface area contributed by atoms with E-state index >= 15 is 0 Å². The van der Waals surface area contributed by atoms with E-state index < -0.39 is 0 Å². The third-order valence-electron chi connectivity index (χ3n) is 14.1. The number of nitrogens with zero attached hydrogens (tertiary/aromatic N) is 1. The van der Waals surface area contributed by atoms with Gasteiger partial charge in [0, 0.05) is 22.4 Å². The first-order valence-corrected chi connectivity index (χ1v) is 20.3. The molecule has 0 aliphatic heterocycles. The summed E-state index contributed by atoms with van der Waals surface area (Å²) in [4.78, 5) is 2.58. The molecule has 0 amide bonds. The summed E-state index contributed by atoms with van der Waals surface area (Å²) < 4.78 is 0. The average molecular weight is 692 g/mol. The highest BCUT2D eigenvalue weighted by Crippen LogP contribution is 2.61. The average Bonchev–Trinajstić information content (AvgIpc) is 3.37. The number of fused-ring (bicyclic) bond motifs is 4. The Hall–Kier alpha value is -4.62. The summed E-state index contributed by atoms with van der Waals surface area (Å²) in [6.45, 7) is 14.1. The van der Waals surface area contributed by atoms with Crippen LogP contribution < -0.4 is 4.90 Å². The number of hydrogen-bond acceptors (Lipinski definition) is 1. The Morgan fingerprint density at radius 3 is 1.87 bits per heavy atom. The van der Waals surface area contributed by atoms with Gasteiger partial charge in [-0.3, -0.25) is 0 Å². The predicted octanol–water partition coefficient (Wildman–Crippen LogP) is 14.4. The van der Waals surface area contributed by atoms with E-state index in [2.05, 4.69) is 168 Å². The first-order valence-electron chi connectivity index (χ1n) is 20.3. The predicted molar refractivity (Wildman–Crippen MR) is 225 cm³/mol. The van der Waals surface area contributed by atoms with Crippen molar-refractivity contribution in [1.29, 1.82) is 0 Å². The summed E-state index contributed by atoms with van der Waals surface area (Å²) in [6.07, 6.45) is 8.60. The maximum absolute atomic E-state index is 2.58. The number of benzene rings is 6. The van der Waals surface area contributed by atoms with Crippen LogP contribution in [-0.4, -0.2) is 0 Å². The fourth-order valence-corrected chi connectivity index (χ4v) is 12.0. The van der Waals surface area contributed by atoms with E-state index in [4.69, 9.17) is 0 Å². The van der Waals surface area contributed by atoms with Crippen LogP contribution in [0.5, 0.6) is 0 Å². The zero-order chi connectivity index (χ0) is 36.3. The van der Waals surface area contributed by atoms with Gasteiger partial charge in [-0.05, 0) is 166 Å². The molecule has 5 aliphatic rings. The Balaban J connectivity index is 1.19. The molecule has 0 heterocycles. The van der Waals surface area contributed by atoms with Crippen LogP contribution in [0.1, 0.15) is 101 Å². The highest BCUT2D eigenvalue weighted by Gasteiger charge is 2.51. The Bertz CT molecular complexity index is 2360. The van der Waals surface area contributed by atoms with E-state index in [0.29, 0.717) is 5.41 Å². The van der Waals surface area contributed by atoms with E-state index in [1.807, 2.05) is 0 Å². The second kappa shape index (κ2) is 11.7. The highest BCUT2D eigenvalue weighted by atomic mass is 15.1. The Morgan fingerprint density at radius 1 is 0.566 bits per heavy atom. The van der Waals surface area contributed by atoms with Crippen molar-refractivity contribution >= 4 is 27.8 Å². The molecule has 6 aromatic rings. The molecule has 1 heteroatoms. The summed E-state index contributed by atoms with van der Waals surface area (Å²) in [6, 6.07) is 47.0. The molecule has 5 aliphatic carbocycles. The lowest BCUT2D eigenvalue weighted by Crippen LogP contribution is -2.48. The summed E-state index contributed by atoms with van der Waals surface area (Å²) in [7, 11) is 0. The molecular formula is C52H53N. The van der Waals surface area contributed by atoms with Gasteiger partial charge in [-0.15, -0.1) is 0 Å². The summed E-state index contributed by atoms with van der Waals surface area (Å²) in [5, 5.41) is 2.53. The molecule has 0 atom stereocenters. The van der Waals surface area contributed by atoms with Crippen molar-refractivity contribution in [2.24, 2.45) is 17.8 Å². The third kappa shape index (κ3) is 5.17. The third-order valence-corrected chi connectivity index (χ3v) is 14.1. The lowest BCUT2D eigenvalue weighted by atomic mass is 9.48. The molecular weight excluding hydrogens is 639 g/mol. The highest BCUT2D eigenvalue weighted by molar-refractivity contribution is 5.99.